The molecule has 21 heavy (non-hydrogen) atoms. The molecule has 0 atom stereocenters. The summed E-state index contributed by atoms with van der Waals surface area (Å²) in [5.74, 6) is -0.223. The van der Waals surface area contributed by atoms with Crippen molar-refractivity contribution in [1.82, 2.24) is 14.8 Å². The molecule has 0 fully saturated rings. The topological polar surface area (TPSA) is 68.0 Å². The largest absolute Gasteiger partial charge is 0.481 e. The summed E-state index contributed by atoms with van der Waals surface area (Å²) in [5, 5.41) is 18.4. The van der Waals surface area contributed by atoms with Crippen LogP contribution in [0.4, 0.5) is 0 Å². The first-order valence-electron chi connectivity index (χ1n) is 6.15. The fraction of sp³-hybridized carbons (Fsp3) is 0.308. The predicted molar refractivity (Wildman–Crippen MR) is 91.9 cm³/mol. The smallest absolute Gasteiger partial charge is 0.313 e. The van der Waals surface area contributed by atoms with Crippen molar-refractivity contribution in [3.63, 3.8) is 0 Å². The summed E-state index contributed by atoms with van der Waals surface area (Å²) in [4.78, 5) is 10.7. The van der Waals surface area contributed by atoms with Crippen molar-refractivity contribution in [3.05, 3.63) is 26.8 Å². The minimum Gasteiger partial charge on any atom is -0.481 e. The molecular weight excluding hydrogens is 425 g/mol. The molecule has 2 aromatic rings. The molecular formula is C13H13ClIN3O2S. The van der Waals surface area contributed by atoms with Gasteiger partial charge >= 0.3 is 5.97 Å². The lowest BCUT2D eigenvalue weighted by atomic mass is 10.2. The number of hydrogen-bond acceptors (Lipinski definition) is 4. The van der Waals surface area contributed by atoms with E-state index in [2.05, 4.69) is 32.8 Å². The van der Waals surface area contributed by atoms with Crippen LogP contribution < -0.4 is 0 Å². The van der Waals surface area contributed by atoms with Crippen LogP contribution in [0.15, 0.2) is 23.4 Å². The van der Waals surface area contributed by atoms with Crippen LogP contribution in [0, 0.1) is 3.57 Å². The highest BCUT2D eigenvalue weighted by Gasteiger charge is 2.19. The van der Waals surface area contributed by atoms with Gasteiger partial charge in [0.1, 0.15) is 0 Å². The number of carbonyl (C=O) groups is 1. The van der Waals surface area contributed by atoms with Crippen LogP contribution in [0.3, 0.4) is 0 Å². The number of benzene rings is 1. The highest BCUT2D eigenvalue weighted by molar-refractivity contribution is 14.1. The number of aromatic nitrogens is 3. The molecule has 0 bridgehead atoms. The van der Waals surface area contributed by atoms with Crippen molar-refractivity contribution < 1.29 is 9.90 Å². The average Bonchev–Trinajstić information content (AvgIpc) is 2.83. The van der Waals surface area contributed by atoms with E-state index in [1.807, 2.05) is 36.6 Å². The Kier molecular flexibility index (Phi) is 5.50. The molecule has 1 heterocycles. The van der Waals surface area contributed by atoms with Gasteiger partial charge in [-0.25, -0.2) is 0 Å². The first-order chi connectivity index (χ1) is 9.90. The van der Waals surface area contributed by atoms with Crippen LogP contribution in [-0.2, 0) is 4.79 Å². The van der Waals surface area contributed by atoms with Gasteiger partial charge in [-0.1, -0.05) is 23.4 Å². The monoisotopic (exact) mass is 437 g/mol. The Hall–Kier alpha value is -0.800. The zero-order valence-electron chi connectivity index (χ0n) is 11.4. The van der Waals surface area contributed by atoms with Crippen molar-refractivity contribution in [2.75, 3.05) is 5.75 Å². The number of hydrogen-bond donors (Lipinski definition) is 1. The second kappa shape index (κ2) is 6.97. The van der Waals surface area contributed by atoms with Gasteiger partial charge in [0.05, 0.1) is 5.75 Å². The predicted octanol–water partition coefficient (Wildman–Crippen LogP) is 3.96. The van der Waals surface area contributed by atoms with E-state index in [0.29, 0.717) is 16.0 Å². The molecule has 2 rings (SSSR count). The SMILES string of the molecule is CC(C)n1c(SCC(=O)O)nnc1-c1cc(Cl)ccc1I. The maximum Gasteiger partial charge on any atom is 0.313 e. The second-order valence-corrected chi connectivity index (χ2v) is 7.12. The summed E-state index contributed by atoms with van der Waals surface area (Å²) in [6, 6.07) is 5.70. The minimum atomic E-state index is -0.878. The van der Waals surface area contributed by atoms with Gasteiger partial charge in [0, 0.05) is 20.2 Å². The molecule has 0 saturated heterocycles. The fourth-order valence-corrected chi connectivity index (χ4v) is 3.36. The Morgan fingerprint density at radius 1 is 1.48 bits per heavy atom. The number of rotatable bonds is 5. The fourth-order valence-electron chi connectivity index (χ4n) is 1.82. The van der Waals surface area contributed by atoms with Crippen molar-refractivity contribution in [3.8, 4) is 11.4 Å². The molecule has 0 aliphatic heterocycles. The van der Waals surface area contributed by atoms with Crippen LogP contribution in [0.1, 0.15) is 19.9 Å². The molecule has 8 heteroatoms. The van der Waals surface area contributed by atoms with Crippen LogP contribution in [0.5, 0.6) is 0 Å². The van der Waals surface area contributed by atoms with E-state index in [4.69, 9.17) is 16.7 Å². The molecule has 0 spiro atoms. The van der Waals surface area contributed by atoms with Crippen molar-refractivity contribution in [2.45, 2.75) is 25.0 Å². The molecule has 0 saturated carbocycles. The van der Waals surface area contributed by atoms with E-state index in [-0.39, 0.29) is 11.8 Å². The average molecular weight is 438 g/mol. The first kappa shape index (κ1) is 16.6. The van der Waals surface area contributed by atoms with Crippen LogP contribution in [-0.4, -0.2) is 31.6 Å². The van der Waals surface area contributed by atoms with Gasteiger partial charge in [-0.15, -0.1) is 10.2 Å². The number of halogens is 2. The van der Waals surface area contributed by atoms with E-state index in [9.17, 15) is 4.79 Å². The molecule has 1 aromatic heterocycles. The van der Waals surface area contributed by atoms with Gasteiger partial charge in [-0.2, -0.15) is 0 Å². The van der Waals surface area contributed by atoms with Crippen molar-refractivity contribution in [2.24, 2.45) is 0 Å². The van der Waals surface area contributed by atoms with Crippen molar-refractivity contribution >= 4 is 51.9 Å². The summed E-state index contributed by atoms with van der Waals surface area (Å²) in [7, 11) is 0. The first-order valence-corrected chi connectivity index (χ1v) is 8.59. The lowest BCUT2D eigenvalue weighted by Gasteiger charge is -2.14. The third kappa shape index (κ3) is 3.89. The maximum atomic E-state index is 10.7. The van der Waals surface area contributed by atoms with E-state index in [1.54, 1.807) is 0 Å². The summed E-state index contributed by atoms with van der Waals surface area (Å²) in [6.07, 6.45) is 0. The van der Waals surface area contributed by atoms with Crippen LogP contribution in [0.2, 0.25) is 5.02 Å². The van der Waals surface area contributed by atoms with Gasteiger partial charge in [-0.05, 0) is 54.6 Å². The number of nitrogens with zero attached hydrogens (tertiary/aromatic N) is 3. The quantitative estimate of drug-likeness (QED) is 0.566. The second-order valence-electron chi connectivity index (χ2n) is 4.58. The summed E-state index contributed by atoms with van der Waals surface area (Å²) < 4.78 is 2.95. The standard InChI is InChI=1S/C13H13ClIN3O2S/c1-7(2)18-12(9-5-8(14)3-4-10(9)15)16-17-13(18)21-6-11(19)20/h3-5,7H,6H2,1-2H3,(H,19,20). The Labute approximate surface area is 145 Å². The number of carboxylic acids is 1. The zero-order chi connectivity index (χ0) is 15.6. The Morgan fingerprint density at radius 3 is 2.81 bits per heavy atom. The van der Waals surface area contributed by atoms with Crippen LogP contribution >= 0.6 is 46.0 Å². The molecule has 5 nitrogen and oxygen atoms in total. The zero-order valence-corrected chi connectivity index (χ0v) is 15.1. The maximum absolute atomic E-state index is 10.7. The molecule has 0 amide bonds. The Balaban J connectivity index is 2.49. The molecule has 0 aliphatic rings. The van der Waals surface area contributed by atoms with E-state index in [0.717, 1.165) is 20.9 Å². The van der Waals surface area contributed by atoms with Gasteiger partial charge in [0.25, 0.3) is 0 Å². The third-order valence-electron chi connectivity index (χ3n) is 2.67. The lowest BCUT2D eigenvalue weighted by molar-refractivity contribution is -0.133. The molecule has 0 radical (unpaired) electrons. The van der Waals surface area contributed by atoms with Gasteiger partial charge in [-0.3, -0.25) is 9.36 Å². The highest BCUT2D eigenvalue weighted by atomic mass is 127. The van der Waals surface area contributed by atoms with Gasteiger partial charge in [0.15, 0.2) is 11.0 Å². The normalized spacial score (nSPS) is 11.1. The number of aliphatic carboxylic acids is 1. The molecule has 112 valence electrons. The van der Waals surface area contributed by atoms with E-state index < -0.39 is 5.97 Å². The van der Waals surface area contributed by atoms with Crippen molar-refractivity contribution in [1.29, 1.82) is 0 Å². The van der Waals surface area contributed by atoms with E-state index in [1.165, 1.54) is 0 Å². The molecule has 0 aliphatic carbocycles. The summed E-state index contributed by atoms with van der Waals surface area (Å²) >= 11 is 9.45. The molecule has 1 N–H and O–H groups in total. The number of carboxylic acid groups (broad SMARTS) is 1. The minimum absolute atomic E-state index is 0.0442. The highest BCUT2D eigenvalue weighted by Crippen LogP contribution is 2.31. The summed E-state index contributed by atoms with van der Waals surface area (Å²) in [5.41, 5.74) is 0.895. The number of thioether (sulfide) groups is 1. The third-order valence-corrected chi connectivity index (χ3v) is 4.78. The Bertz CT molecular complexity index is 675. The molecule has 1 aromatic carbocycles. The molecule has 0 unspecified atom stereocenters. The van der Waals surface area contributed by atoms with Gasteiger partial charge < -0.3 is 5.11 Å². The van der Waals surface area contributed by atoms with Gasteiger partial charge in [0.2, 0.25) is 0 Å². The Morgan fingerprint density at radius 2 is 2.19 bits per heavy atom. The lowest BCUT2D eigenvalue weighted by Crippen LogP contribution is -2.07. The van der Waals surface area contributed by atoms with E-state index >= 15 is 0 Å². The summed E-state index contributed by atoms with van der Waals surface area (Å²) in [6.45, 7) is 4.02. The van der Waals surface area contributed by atoms with Crippen LogP contribution in [0.25, 0.3) is 11.4 Å².